The lowest BCUT2D eigenvalue weighted by molar-refractivity contribution is 0.0353. The van der Waals surface area contributed by atoms with Crippen LogP contribution in [-0.4, -0.2) is 28.7 Å². The fraction of sp³-hybridized carbons (Fsp3) is 0.538. The molecule has 0 radical (unpaired) electrons. The summed E-state index contributed by atoms with van der Waals surface area (Å²) in [7, 11) is 0. The molecule has 1 rings (SSSR count). The van der Waals surface area contributed by atoms with Crippen LogP contribution in [-0.2, 0) is 6.54 Å². The summed E-state index contributed by atoms with van der Waals surface area (Å²) >= 11 is 5.94. The van der Waals surface area contributed by atoms with E-state index in [0.29, 0.717) is 6.54 Å². The van der Waals surface area contributed by atoms with Crippen molar-refractivity contribution in [3.05, 3.63) is 34.9 Å². The second kappa shape index (κ2) is 5.67. The van der Waals surface area contributed by atoms with Crippen molar-refractivity contribution in [2.24, 2.45) is 0 Å². The molecule has 0 amide bonds. The molecule has 0 aromatic heterocycles. The summed E-state index contributed by atoms with van der Waals surface area (Å²) < 4.78 is 0. The first-order chi connectivity index (χ1) is 7.40. The first-order valence-corrected chi connectivity index (χ1v) is 5.97. The third-order valence-corrected chi connectivity index (χ3v) is 2.59. The standard InChI is InChI=1S/C13H20ClNO/c1-4-15(10-13(2,3)16)9-11-6-5-7-12(14)8-11/h5-8,16H,4,9-10H2,1-3H3. The summed E-state index contributed by atoms with van der Waals surface area (Å²) in [4.78, 5) is 2.20. The Morgan fingerprint density at radius 2 is 2.06 bits per heavy atom. The molecule has 90 valence electrons. The highest BCUT2D eigenvalue weighted by Gasteiger charge is 2.17. The number of hydrogen-bond donors (Lipinski definition) is 1. The minimum absolute atomic E-state index is 0.658. The van der Waals surface area contributed by atoms with Gasteiger partial charge in [0.05, 0.1) is 5.60 Å². The Balaban J connectivity index is 2.63. The Morgan fingerprint density at radius 1 is 1.38 bits per heavy atom. The van der Waals surface area contributed by atoms with E-state index in [2.05, 4.69) is 17.9 Å². The number of likely N-dealkylation sites (N-methyl/N-ethyl adjacent to an activating group) is 1. The molecule has 1 aromatic carbocycles. The van der Waals surface area contributed by atoms with Crippen molar-refractivity contribution in [1.82, 2.24) is 4.90 Å². The third kappa shape index (κ3) is 4.97. The Kier molecular flexibility index (Phi) is 4.78. The molecule has 0 aliphatic rings. The maximum absolute atomic E-state index is 9.78. The molecule has 0 aliphatic carbocycles. The molecule has 1 aromatic rings. The summed E-state index contributed by atoms with van der Waals surface area (Å²) in [5.41, 5.74) is 0.521. The maximum Gasteiger partial charge on any atom is 0.0718 e. The highest BCUT2D eigenvalue weighted by molar-refractivity contribution is 6.30. The van der Waals surface area contributed by atoms with Crippen LogP contribution in [0.1, 0.15) is 26.3 Å². The van der Waals surface area contributed by atoms with Crippen molar-refractivity contribution < 1.29 is 5.11 Å². The zero-order valence-corrected chi connectivity index (χ0v) is 11.0. The van der Waals surface area contributed by atoms with Gasteiger partial charge in [-0.2, -0.15) is 0 Å². The minimum atomic E-state index is -0.658. The number of halogens is 1. The van der Waals surface area contributed by atoms with Crippen molar-refractivity contribution >= 4 is 11.6 Å². The van der Waals surface area contributed by atoms with Crippen LogP contribution in [0.4, 0.5) is 0 Å². The van der Waals surface area contributed by atoms with Gasteiger partial charge < -0.3 is 5.11 Å². The zero-order chi connectivity index (χ0) is 12.2. The SMILES string of the molecule is CCN(Cc1cccc(Cl)c1)CC(C)(C)O. The molecular formula is C13H20ClNO. The van der Waals surface area contributed by atoms with Gasteiger partial charge in [0.1, 0.15) is 0 Å². The molecular weight excluding hydrogens is 222 g/mol. The van der Waals surface area contributed by atoms with Crippen LogP contribution in [0.25, 0.3) is 0 Å². The number of hydrogen-bond acceptors (Lipinski definition) is 2. The lowest BCUT2D eigenvalue weighted by atomic mass is 10.1. The summed E-state index contributed by atoms with van der Waals surface area (Å²) in [5, 5.41) is 10.5. The van der Waals surface area contributed by atoms with E-state index in [9.17, 15) is 5.11 Å². The number of benzene rings is 1. The van der Waals surface area contributed by atoms with Crippen LogP contribution in [0.3, 0.4) is 0 Å². The first-order valence-electron chi connectivity index (χ1n) is 5.60. The fourth-order valence-electron chi connectivity index (χ4n) is 1.72. The van der Waals surface area contributed by atoms with Crippen LogP contribution in [0, 0.1) is 0 Å². The van der Waals surface area contributed by atoms with Gasteiger partial charge in [-0.3, -0.25) is 4.90 Å². The van der Waals surface area contributed by atoms with Crippen LogP contribution in [0.15, 0.2) is 24.3 Å². The molecule has 0 fully saturated rings. The molecule has 1 N–H and O–H groups in total. The van der Waals surface area contributed by atoms with Crippen molar-refractivity contribution in [1.29, 1.82) is 0 Å². The van der Waals surface area contributed by atoms with Crippen LogP contribution >= 0.6 is 11.6 Å². The second-order valence-electron chi connectivity index (χ2n) is 4.75. The van der Waals surface area contributed by atoms with Crippen molar-refractivity contribution in [2.45, 2.75) is 32.9 Å². The molecule has 0 aliphatic heterocycles. The van der Waals surface area contributed by atoms with E-state index in [0.717, 1.165) is 18.1 Å². The predicted molar refractivity (Wildman–Crippen MR) is 68.7 cm³/mol. The van der Waals surface area contributed by atoms with E-state index >= 15 is 0 Å². The van der Waals surface area contributed by atoms with Gasteiger partial charge in [0.2, 0.25) is 0 Å². The summed E-state index contributed by atoms with van der Waals surface area (Å²) in [5.74, 6) is 0. The first kappa shape index (κ1) is 13.5. The second-order valence-corrected chi connectivity index (χ2v) is 5.18. The van der Waals surface area contributed by atoms with E-state index < -0.39 is 5.60 Å². The van der Waals surface area contributed by atoms with E-state index in [-0.39, 0.29) is 0 Å². The maximum atomic E-state index is 9.78. The van der Waals surface area contributed by atoms with Crippen molar-refractivity contribution in [3.63, 3.8) is 0 Å². The molecule has 0 saturated carbocycles. The van der Waals surface area contributed by atoms with Crippen LogP contribution in [0.5, 0.6) is 0 Å². The topological polar surface area (TPSA) is 23.5 Å². The zero-order valence-electron chi connectivity index (χ0n) is 10.2. The fourth-order valence-corrected chi connectivity index (χ4v) is 1.93. The van der Waals surface area contributed by atoms with E-state index in [1.165, 1.54) is 5.56 Å². The smallest absolute Gasteiger partial charge is 0.0718 e. The average molecular weight is 242 g/mol. The highest BCUT2D eigenvalue weighted by Crippen LogP contribution is 2.14. The lowest BCUT2D eigenvalue weighted by Gasteiger charge is -2.28. The molecule has 0 heterocycles. The number of nitrogens with zero attached hydrogens (tertiary/aromatic N) is 1. The highest BCUT2D eigenvalue weighted by atomic mass is 35.5. The van der Waals surface area contributed by atoms with Gasteiger partial charge in [-0.15, -0.1) is 0 Å². The Hall–Kier alpha value is -0.570. The normalized spacial score (nSPS) is 12.1. The van der Waals surface area contributed by atoms with Gasteiger partial charge in [0, 0.05) is 18.1 Å². The summed E-state index contributed by atoms with van der Waals surface area (Å²) in [6, 6.07) is 7.85. The van der Waals surface area contributed by atoms with Crippen LogP contribution < -0.4 is 0 Å². The van der Waals surface area contributed by atoms with E-state index in [1.807, 2.05) is 32.0 Å². The van der Waals surface area contributed by atoms with Gasteiger partial charge in [0.25, 0.3) is 0 Å². The lowest BCUT2D eigenvalue weighted by Crippen LogP contribution is -2.38. The van der Waals surface area contributed by atoms with Gasteiger partial charge >= 0.3 is 0 Å². The van der Waals surface area contributed by atoms with Gasteiger partial charge in [-0.1, -0.05) is 30.7 Å². The Labute approximate surface area is 103 Å². The largest absolute Gasteiger partial charge is 0.389 e. The van der Waals surface area contributed by atoms with Crippen molar-refractivity contribution in [2.75, 3.05) is 13.1 Å². The van der Waals surface area contributed by atoms with E-state index in [4.69, 9.17) is 11.6 Å². The molecule has 16 heavy (non-hydrogen) atoms. The Bertz CT molecular complexity index is 333. The minimum Gasteiger partial charge on any atom is -0.389 e. The van der Waals surface area contributed by atoms with Crippen LogP contribution in [0.2, 0.25) is 5.02 Å². The quantitative estimate of drug-likeness (QED) is 0.857. The Morgan fingerprint density at radius 3 is 2.56 bits per heavy atom. The molecule has 0 atom stereocenters. The third-order valence-electron chi connectivity index (χ3n) is 2.35. The van der Waals surface area contributed by atoms with Crippen molar-refractivity contribution in [3.8, 4) is 0 Å². The number of aliphatic hydroxyl groups is 1. The predicted octanol–water partition coefficient (Wildman–Crippen LogP) is 2.93. The molecule has 3 heteroatoms. The van der Waals surface area contributed by atoms with Gasteiger partial charge in [-0.25, -0.2) is 0 Å². The van der Waals surface area contributed by atoms with Gasteiger partial charge in [0.15, 0.2) is 0 Å². The summed E-state index contributed by atoms with van der Waals surface area (Å²) in [6.45, 7) is 8.14. The number of rotatable bonds is 5. The monoisotopic (exact) mass is 241 g/mol. The van der Waals surface area contributed by atoms with Gasteiger partial charge in [-0.05, 0) is 38.1 Å². The average Bonchev–Trinajstić information content (AvgIpc) is 2.14. The molecule has 2 nitrogen and oxygen atoms in total. The molecule has 0 bridgehead atoms. The molecule has 0 saturated heterocycles. The van der Waals surface area contributed by atoms with E-state index in [1.54, 1.807) is 0 Å². The summed E-state index contributed by atoms with van der Waals surface area (Å²) in [6.07, 6.45) is 0. The molecule has 0 spiro atoms. The molecule has 0 unspecified atom stereocenters.